The normalized spacial score (nSPS) is 10.5. The van der Waals surface area contributed by atoms with Crippen LogP contribution < -0.4 is 4.90 Å². The molecule has 0 fully saturated rings. The van der Waals surface area contributed by atoms with Gasteiger partial charge in [0.15, 0.2) is 6.29 Å². The van der Waals surface area contributed by atoms with Gasteiger partial charge in [-0.1, -0.05) is 15.9 Å². The van der Waals surface area contributed by atoms with E-state index < -0.39 is 0 Å². The Hall–Kier alpha value is -0.830. The summed E-state index contributed by atoms with van der Waals surface area (Å²) in [5.41, 5.74) is 1.74. The van der Waals surface area contributed by atoms with Crippen molar-refractivity contribution in [3.05, 3.63) is 28.2 Å². The largest absolute Gasteiger partial charge is 0.369 e. The summed E-state index contributed by atoms with van der Waals surface area (Å²) in [6, 6.07) is 6.12. The Balaban J connectivity index is 3.19. The molecule has 1 aromatic carbocycles. The van der Waals surface area contributed by atoms with Gasteiger partial charge in [0.05, 0.1) is 0 Å². The fourth-order valence-electron chi connectivity index (χ4n) is 1.68. The lowest BCUT2D eigenvalue weighted by Gasteiger charge is -2.28. The molecule has 1 aromatic rings. The van der Waals surface area contributed by atoms with Gasteiger partial charge >= 0.3 is 0 Å². The number of carbonyl (C=O) groups is 1. The average molecular weight is 270 g/mol. The summed E-state index contributed by atoms with van der Waals surface area (Å²) in [6.45, 7) is 7.24. The summed E-state index contributed by atoms with van der Waals surface area (Å²) in [5.74, 6) is 0. The van der Waals surface area contributed by atoms with E-state index in [1.807, 2.05) is 18.2 Å². The molecule has 82 valence electrons. The van der Waals surface area contributed by atoms with Crippen molar-refractivity contribution in [1.29, 1.82) is 0 Å². The zero-order chi connectivity index (χ0) is 11.4. The number of hydrogen-bond acceptors (Lipinski definition) is 2. The molecule has 0 unspecified atom stereocenters. The Morgan fingerprint density at radius 2 is 2.13 bits per heavy atom. The first-order chi connectivity index (χ1) is 7.10. The van der Waals surface area contributed by atoms with E-state index >= 15 is 0 Å². The maximum absolute atomic E-state index is 10.9. The number of hydrogen-bond donors (Lipinski definition) is 0. The van der Waals surface area contributed by atoms with Gasteiger partial charge in [-0.05, 0) is 39.0 Å². The van der Waals surface area contributed by atoms with Gasteiger partial charge in [0.2, 0.25) is 0 Å². The maximum Gasteiger partial charge on any atom is 0.152 e. The highest BCUT2D eigenvalue weighted by Crippen LogP contribution is 2.25. The molecule has 0 N–H and O–H groups in total. The van der Waals surface area contributed by atoms with Crippen molar-refractivity contribution < 1.29 is 4.79 Å². The van der Waals surface area contributed by atoms with Crippen LogP contribution in [0.5, 0.6) is 0 Å². The zero-order valence-electron chi connectivity index (χ0n) is 9.33. The van der Waals surface area contributed by atoms with Gasteiger partial charge in [-0.25, -0.2) is 0 Å². The monoisotopic (exact) mass is 269 g/mol. The maximum atomic E-state index is 10.9. The second-order valence-electron chi connectivity index (χ2n) is 3.70. The van der Waals surface area contributed by atoms with E-state index in [0.717, 1.165) is 28.6 Å². The lowest BCUT2D eigenvalue weighted by molar-refractivity contribution is 0.112. The number of halogens is 1. The topological polar surface area (TPSA) is 20.3 Å². The highest BCUT2D eigenvalue weighted by molar-refractivity contribution is 9.10. The lowest BCUT2D eigenvalue weighted by atomic mass is 10.1. The molecule has 15 heavy (non-hydrogen) atoms. The molecule has 1 rings (SSSR count). The Kier molecular flexibility index (Phi) is 4.33. The highest BCUT2D eigenvalue weighted by atomic mass is 79.9. The van der Waals surface area contributed by atoms with Crippen LogP contribution in [-0.2, 0) is 0 Å². The molecule has 0 aromatic heterocycles. The number of carbonyl (C=O) groups excluding carboxylic acids is 1. The molecule has 3 heteroatoms. The lowest BCUT2D eigenvalue weighted by Crippen LogP contribution is -2.31. The van der Waals surface area contributed by atoms with E-state index in [1.165, 1.54) is 0 Å². The third-order valence-corrected chi connectivity index (χ3v) is 2.89. The summed E-state index contributed by atoms with van der Waals surface area (Å²) in [5, 5.41) is 0. The van der Waals surface area contributed by atoms with Crippen LogP contribution in [0.25, 0.3) is 0 Å². The number of anilines is 1. The minimum Gasteiger partial charge on any atom is -0.369 e. The second kappa shape index (κ2) is 5.31. The molecule has 0 atom stereocenters. The van der Waals surface area contributed by atoms with Crippen molar-refractivity contribution in [2.24, 2.45) is 0 Å². The number of rotatable bonds is 4. The molecule has 0 radical (unpaired) electrons. The smallest absolute Gasteiger partial charge is 0.152 e. The third kappa shape index (κ3) is 2.81. The quantitative estimate of drug-likeness (QED) is 0.780. The van der Waals surface area contributed by atoms with Gasteiger partial charge in [0, 0.05) is 28.3 Å². The molecule has 0 aliphatic heterocycles. The van der Waals surface area contributed by atoms with Crippen molar-refractivity contribution >= 4 is 27.9 Å². The Morgan fingerprint density at radius 1 is 1.47 bits per heavy atom. The van der Waals surface area contributed by atoms with Crippen molar-refractivity contribution in [3.63, 3.8) is 0 Å². The fourth-order valence-corrected chi connectivity index (χ4v) is 2.03. The first-order valence-electron chi connectivity index (χ1n) is 5.11. The zero-order valence-corrected chi connectivity index (χ0v) is 10.9. The van der Waals surface area contributed by atoms with Crippen LogP contribution in [0.4, 0.5) is 5.69 Å². The van der Waals surface area contributed by atoms with E-state index in [9.17, 15) is 4.79 Å². The first kappa shape index (κ1) is 12.2. The van der Waals surface area contributed by atoms with Crippen LogP contribution >= 0.6 is 15.9 Å². The predicted molar refractivity (Wildman–Crippen MR) is 67.7 cm³/mol. The summed E-state index contributed by atoms with van der Waals surface area (Å²) in [4.78, 5) is 13.1. The summed E-state index contributed by atoms with van der Waals surface area (Å²) >= 11 is 3.43. The van der Waals surface area contributed by atoms with Gasteiger partial charge in [0.1, 0.15) is 0 Å². The van der Waals surface area contributed by atoms with E-state index in [2.05, 4.69) is 41.6 Å². The molecule has 0 saturated heterocycles. The minimum atomic E-state index is 0.392. The van der Waals surface area contributed by atoms with Gasteiger partial charge < -0.3 is 4.90 Å². The minimum absolute atomic E-state index is 0.392. The van der Waals surface area contributed by atoms with E-state index in [-0.39, 0.29) is 0 Å². The molecule has 0 saturated carbocycles. The van der Waals surface area contributed by atoms with Gasteiger partial charge in [-0.15, -0.1) is 0 Å². The van der Waals surface area contributed by atoms with Crippen molar-refractivity contribution in [1.82, 2.24) is 0 Å². The molecule has 0 spiro atoms. The molecule has 0 aliphatic carbocycles. The van der Waals surface area contributed by atoms with Crippen molar-refractivity contribution in [3.8, 4) is 0 Å². The number of benzene rings is 1. The molecule has 0 heterocycles. The fraction of sp³-hybridized carbons (Fsp3) is 0.417. The van der Waals surface area contributed by atoms with Crippen molar-refractivity contribution in [2.45, 2.75) is 26.8 Å². The third-order valence-electron chi connectivity index (χ3n) is 2.39. The molecule has 0 amide bonds. The van der Waals surface area contributed by atoms with Crippen molar-refractivity contribution in [2.75, 3.05) is 11.4 Å². The predicted octanol–water partition coefficient (Wildman–Crippen LogP) is 3.50. The Morgan fingerprint density at radius 3 is 2.60 bits per heavy atom. The van der Waals surface area contributed by atoms with E-state index in [0.29, 0.717) is 6.04 Å². The second-order valence-corrected chi connectivity index (χ2v) is 4.62. The molecule has 2 nitrogen and oxygen atoms in total. The standard InChI is InChI=1S/C12H16BrNO/c1-4-14(9(2)3)12-7-11(13)6-5-10(12)8-15/h5-9H,4H2,1-3H3. The van der Waals surface area contributed by atoms with Crippen LogP contribution in [0, 0.1) is 0 Å². The SMILES string of the molecule is CCN(c1cc(Br)ccc1C=O)C(C)C. The van der Waals surface area contributed by atoms with Crippen LogP contribution in [0.15, 0.2) is 22.7 Å². The summed E-state index contributed by atoms with van der Waals surface area (Å²) < 4.78 is 1.00. The molecule has 0 bridgehead atoms. The number of nitrogens with zero attached hydrogens (tertiary/aromatic N) is 1. The van der Waals surface area contributed by atoms with Gasteiger partial charge in [0.25, 0.3) is 0 Å². The number of aldehydes is 1. The van der Waals surface area contributed by atoms with E-state index in [1.54, 1.807) is 0 Å². The molecular weight excluding hydrogens is 254 g/mol. The van der Waals surface area contributed by atoms with Crippen LogP contribution in [-0.4, -0.2) is 18.9 Å². The highest BCUT2D eigenvalue weighted by Gasteiger charge is 2.12. The van der Waals surface area contributed by atoms with Crippen LogP contribution in [0.2, 0.25) is 0 Å². The summed E-state index contributed by atoms with van der Waals surface area (Å²) in [6.07, 6.45) is 0.910. The Bertz CT molecular complexity index is 349. The molecule has 0 aliphatic rings. The van der Waals surface area contributed by atoms with Crippen LogP contribution in [0.1, 0.15) is 31.1 Å². The average Bonchev–Trinajstić information content (AvgIpc) is 2.18. The van der Waals surface area contributed by atoms with Crippen LogP contribution in [0.3, 0.4) is 0 Å². The van der Waals surface area contributed by atoms with Gasteiger partial charge in [-0.2, -0.15) is 0 Å². The molecular formula is C12H16BrNO. The van der Waals surface area contributed by atoms with E-state index in [4.69, 9.17) is 0 Å². The van der Waals surface area contributed by atoms with Gasteiger partial charge in [-0.3, -0.25) is 4.79 Å². The first-order valence-corrected chi connectivity index (χ1v) is 5.90. The Labute approximate surface area is 99.4 Å². The summed E-state index contributed by atoms with van der Waals surface area (Å²) in [7, 11) is 0.